The third-order valence-electron chi connectivity index (χ3n) is 6.25. The molecule has 1 aliphatic rings. The van der Waals surface area contributed by atoms with Crippen molar-refractivity contribution in [3.63, 3.8) is 0 Å². The van der Waals surface area contributed by atoms with E-state index in [-0.39, 0.29) is 17.9 Å². The number of carbonyl (C=O) groups is 2. The lowest BCUT2D eigenvalue weighted by Gasteiger charge is -2.34. The minimum atomic E-state index is -0.530. The Labute approximate surface area is 232 Å². The van der Waals surface area contributed by atoms with Gasteiger partial charge >= 0.3 is 12.1 Å². The van der Waals surface area contributed by atoms with E-state index in [4.69, 9.17) is 20.8 Å². The van der Waals surface area contributed by atoms with Crippen LogP contribution in [0.1, 0.15) is 67.2 Å². The van der Waals surface area contributed by atoms with Crippen LogP contribution in [0.25, 0.3) is 0 Å². The quantitative estimate of drug-likeness (QED) is 0.365. The second kappa shape index (κ2) is 12.2. The van der Waals surface area contributed by atoms with Crippen LogP contribution in [0, 0.1) is 5.92 Å². The summed E-state index contributed by atoms with van der Waals surface area (Å²) in [5.41, 5.74) is 0.586. The predicted molar refractivity (Wildman–Crippen MR) is 148 cm³/mol. The van der Waals surface area contributed by atoms with Crippen LogP contribution in [-0.2, 0) is 11.3 Å². The number of thiophene rings is 1. The summed E-state index contributed by atoms with van der Waals surface area (Å²) in [4.78, 5) is 29.6. The average molecular weight is 560 g/mol. The van der Waals surface area contributed by atoms with Crippen molar-refractivity contribution in [2.24, 2.45) is 5.92 Å². The zero-order chi connectivity index (χ0) is 27.3. The highest BCUT2D eigenvalue weighted by Gasteiger charge is 2.31. The van der Waals surface area contributed by atoms with Gasteiger partial charge in [-0.15, -0.1) is 16.4 Å². The molecule has 0 aliphatic carbocycles. The molecule has 1 aliphatic heterocycles. The van der Waals surface area contributed by atoms with E-state index >= 15 is 0 Å². The van der Waals surface area contributed by atoms with Gasteiger partial charge in [-0.2, -0.15) is 0 Å². The van der Waals surface area contributed by atoms with Crippen LogP contribution in [0.3, 0.4) is 0 Å². The number of rotatable bonds is 8. The number of nitrogens with one attached hydrogen (secondary N) is 1. The fourth-order valence-corrected chi connectivity index (χ4v) is 5.29. The minimum absolute atomic E-state index is 0.240. The van der Waals surface area contributed by atoms with Gasteiger partial charge in [0.05, 0.1) is 9.21 Å². The molecule has 0 bridgehead atoms. The Morgan fingerprint density at radius 3 is 2.53 bits per heavy atom. The monoisotopic (exact) mass is 559 g/mol. The first-order valence-electron chi connectivity index (χ1n) is 12.7. The van der Waals surface area contributed by atoms with Crippen LogP contribution < -0.4 is 10.2 Å². The van der Waals surface area contributed by atoms with Gasteiger partial charge in [-0.1, -0.05) is 47.0 Å². The lowest BCUT2D eigenvalue weighted by Crippen LogP contribution is -2.42. The Hall–Kier alpha value is -3.11. The number of hydrogen-bond acceptors (Lipinski definition) is 8. The van der Waals surface area contributed by atoms with Crippen LogP contribution in [0.5, 0.6) is 0 Å². The van der Waals surface area contributed by atoms with Gasteiger partial charge in [0.2, 0.25) is 5.89 Å². The zero-order valence-corrected chi connectivity index (χ0v) is 23.7. The number of anilines is 1. The maximum absolute atomic E-state index is 13.0. The van der Waals surface area contributed by atoms with Crippen molar-refractivity contribution in [1.82, 2.24) is 20.4 Å². The number of piperidine rings is 1. The second-order valence-electron chi connectivity index (χ2n) is 10.5. The molecule has 0 saturated carbocycles. The first-order valence-corrected chi connectivity index (χ1v) is 13.9. The third kappa shape index (κ3) is 7.70. The summed E-state index contributed by atoms with van der Waals surface area (Å²) >= 11 is 7.27. The molecule has 2 amide bonds. The summed E-state index contributed by atoms with van der Waals surface area (Å²) in [6.07, 6.45) is 1.88. The summed E-state index contributed by atoms with van der Waals surface area (Å²) in [5.74, 6) is 0.365. The Morgan fingerprint density at radius 1 is 1.18 bits per heavy atom. The molecule has 1 fully saturated rings. The molecular weight excluding hydrogens is 526 g/mol. The summed E-state index contributed by atoms with van der Waals surface area (Å²) in [6, 6.07) is 13.3. The highest BCUT2D eigenvalue weighted by Crippen LogP contribution is 2.31. The van der Waals surface area contributed by atoms with Gasteiger partial charge in [-0.05, 0) is 63.6 Å². The van der Waals surface area contributed by atoms with Crippen molar-refractivity contribution in [1.29, 1.82) is 0 Å². The normalized spacial score (nSPS) is 15.2. The van der Waals surface area contributed by atoms with E-state index < -0.39 is 11.6 Å². The Bertz CT molecular complexity index is 1220. The molecule has 3 aromatic rings. The number of amides is 2. The van der Waals surface area contributed by atoms with Gasteiger partial charge in [0.1, 0.15) is 11.6 Å². The van der Waals surface area contributed by atoms with E-state index in [1.54, 1.807) is 17.0 Å². The lowest BCUT2D eigenvalue weighted by molar-refractivity contribution is 0.0177. The molecule has 3 heterocycles. The smallest absolute Gasteiger partial charge is 0.410 e. The maximum atomic E-state index is 13.0. The Balaban J connectivity index is 1.44. The van der Waals surface area contributed by atoms with Crippen molar-refractivity contribution >= 4 is 41.0 Å². The van der Waals surface area contributed by atoms with Crippen LogP contribution >= 0.6 is 22.9 Å². The number of aromatic nitrogens is 2. The fourth-order valence-electron chi connectivity index (χ4n) is 4.34. The molecule has 2 aromatic heterocycles. The van der Waals surface area contributed by atoms with Crippen molar-refractivity contribution in [2.45, 2.75) is 58.2 Å². The van der Waals surface area contributed by atoms with Gasteiger partial charge in [-0.25, -0.2) is 4.79 Å². The van der Waals surface area contributed by atoms with E-state index in [0.29, 0.717) is 47.2 Å². The summed E-state index contributed by atoms with van der Waals surface area (Å²) in [7, 11) is 1.89. The highest BCUT2D eigenvalue weighted by atomic mass is 35.5. The highest BCUT2D eigenvalue weighted by molar-refractivity contribution is 7.18. The molecule has 1 unspecified atom stereocenters. The molecular formula is C27H34ClN5O4S. The fraction of sp³-hybridized carbons (Fsp3) is 0.481. The van der Waals surface area contributed by atoms with Crippen LogP contribution in [0.15, 0.2) is 46.9 Å². The van der Waals surface area contributed by atoms with Gasteiger partial charge in [0, 0.05) is 26.7 Å². The average Bonchev–Trinajstić information content (AvgIpc) is 3.53. The summed E-state index contributed by atoms with van der Waals surface area (Å²) < 4.78 is 12.1. The van der Waals surface area contributed by atoms with Crippen LogP contribution in [0.4, 0.5) is 10.8 Å². The number of carbonyl (C=O) groups excluding carboxylic acids is 2. The predicted octanol–water partition coefficient (Wildman–Crippen LogP) is 5.93. The van der Waals surface area contributed by atoms with E-state index in [2.05, 4.69) is 15.5 Å². The molecule has 1 N–H and O–H groups in total. The van der Waals surface area contributed by atoms with Crippen molar-refractivity contribution < 1.29 is 18.7 Å². The van der Waals surface area contributed by atoms with E-state index in [1.165, 1.54) is 11.3 Å². The van der Waals surface area contributed by atoms with Crippen molar-refractivity contribution in [3.8, 4) is 0 Å². The number of benzene rings is 1. The molecule has 1 saturated heterocycles. The van der Waals surface area contributed by atoms with E-state index in [1.807, 2.05) is 63.1 Å². The number of hydrogen-bond donors (Lipinski definition) is 1. The van der Waals surface area contributed by atoms with E-state index in [0.717, 1.165) is 18.4 Å². The van der Waals surface area contributed by atoms with Crippen molar-refractivity contribution in [3.05, 3.63) is 63.1 Å². The van der Waals surface area contributed by atoms with Gasteiger partial charge in [-0.3, -0.25) is 4.79 Å². The molecule has 38 heavy (non-hydrogen) atoms. The zero-order valence-electron chi connectivity index (χ0n) is 22.1. The maximum Gasteiger partial charge on any atom is 0.410 e. The van der Waals surface area contributed by atoms with Gasteiger partial charge < -0.3 is 24.3 Å². The summed E-state index contributed by atoms with van der Waals surface area (Å²) in [5, 5.41) is 11.6. The standard InChI is InChI=1S/C27H34ClN5O4S/c1-27(2,3)37-26(35)33-14-12-18(13-15-33)16-20(29-23(34)21-10-11-22(28)38-21)24-30-31-25(36-24)32(4)17-19-8-6-5-7-9-19/h5-11,18,20H,12-17H2,1-4H3,(H,29,34). The molecule has 1 atom stereocenters. The first-order chi connectivity index (χ1) is 18.1. The topological polar surface area (TPSA) is 101 Å². The summed E-state index contributed by atoms with van der Waals surface area (Å²) in [6.45, 7) is 7.38. The molecule has 204 valence electrons. The first kappa shape index (κ1) is 27.9. The van der Waals surface area contributed by atoms with Crippen molar-refractivity contribution in [2.75, 3.05) is 25.0 Å². The second-order valence-corrected chi connectivity index (χ2v) is 12.3. The van der Waals surface area contributed by atoms with E-state index in [9.17, 15) is 9.59 Å². The Kier molecular flexibility index (Phi) is 8.94. The molecule has 9 nitrogen and oxygen atoms in total. The number of likely N-dealkylation sites (tertiary alicyclic amines) is 1. The lowest BCUT2D eigenvalue weighted by atomic mass is 9.90. The van der Waals surface area contributed by atoms with Gasteiger partial charge in [0.25, 0.3) is 5.91 Å². The number of ether oxygens (including phenoxy) is 1. The van der Waals surface area contributed by atoms with Gasteiger partial charge in [0.15, 0.2) is 0 Å². The number of halogens is 1. The minimum Gasteiger partial charge on any atom is -0.444 e. The van der Waals surface area contributed by atoms with Crippen LogP contribution in [0.2, 0.25) is 4.34 Å². The molecule has 11 heteroatoms. The third-order valence-corrected chi connectivity index (χ3v) is 7.48. The molecule has 4 rings (SSSR count). The molecule has 0 radical (unpaired) electrons. The van der Waals surface area contributed by atoms with Crippen LogP contribution in [-0.4, -0.2) is 52.8 Å². The Morgan fingerprint density at radius 2 is 1.89 bits per heavy atom. The molecule has 0 spiro atoms. The number of nitrogens with zero attached hydrogens (tertiary/aromatic N) is 4. The largest absolute Gasteiger partial charge is 0.444 e. The molecule has 1 aromatic carbocycles. The SMILES string of the molecule is CN(Cc1ccccc1)c1nnc(C(CC2CCN(C(=O)OC(C)(C)C)CC2)NC(=O)c2ccc(Cl)s2)o1.